The number of ether oxygens (including phenoxy) is 1. The summed E-state index contributed by atoms with van der Waals surface area (Å²) in [5.41, 5.74) is 4.41. The number of benzene rings is 2. The van der Waals surface area contributed by atoms with Crippen LogP contribution in [-0.4, -0.2) is 46.6 Å². The van der Waals surface area contributed by atoms with Crippen molar-refractivity contribution in [1.29, 1.82) is 0 Å². The van der Waals surface area contributed by atoms with Crippen LogP contribution in [0.5, 0.6) is 0 Å². The van der Waals surface area contributed by atoms with Crippen molar-refractivity contribution in [2.24, 2.45) is 0 Å². The highest BCUT2D eigenvalue weighted by molar-refractivity contribution is 7.80. The summed E-state index contributed by atoms with van der Waals surface area (Å²) in [5, 5.41) is 18.7. The first kappa shape index (κ1) is 22.7. The van der Waals surface area contributed by atoms with Crippen molar-refractivity contribution in [1.82, 2.24) is 15.2 Å². The average molecular weight is 484 g/mol. The zero-order valence-corrected chi connectivity index (χ0v) is 19.8. The second kappa shape index (κ2) is 10.9. The molecule has 0 aliphatic carbocycles. The summed E-state index contributed by atoms with van der Waals surface area (Å²) in [7, 11) is 0. The molecule has 1 fully saturated rings. The molecular formula is C26H25N7OS. The molecule has 0 radical (unpaired) electrons. The Morgan fingerprint density at radius 2 is 1.57 bits per heavy atom. The van der Waals surface area contributed by atoms with Crippen LogP contribution in [0.1, 0.15) is 0 Å². The van der Waals surface area contributed by atoms with Crippen molar-refractivity contribution in [2.75, 3.05) is 47.2 Å². The van der Waals surface area contributed by atoms with Crippen LogP contribution in [0.2, 0.25) is 0 Å². The number of thiocarbonyl (C=S) groups is 1. The maximum Gasteiger partial charge on any atom is 0.176 e. The van der Waals surface area contributed by atoms with Crippen molar-refractivity contribution in [3.63, 3.8) is 0 Å². The van der Waals surface area contributed by atoms with Gasteiger partial charge >= 0.3 is 0 Å². The van der Waals surface area contributed by atoms with Gasteiger partial charge in [0.25, 0.3) is 0 Å². The molecule has 0 atom stereocenters. The summed E-state index contributed by atoms with van der Waals surface area (Å²) < 4.78 is 5.42. The predicted molar refractivity (Wildman–Crippen MR) is 144 cm³/mol. The second-order valence-corrected chi connectivity index (χ2v) is 8.33. The molecule has 3 N–H and O–H groups in total. The minimum Gasteiger partial charge on any atom is -0.378 e. The van der Waals surface area contributed by atoms with E-state index in [1.54, 1.807) is 0 Å². The highest BCUT2D eigenvalue weighted by atomic mass is 32.1. The minimum absolute atomic E-state index is 0.418. The Balaban J connectivity index is 1.21. The first-order valence-electron chi connectivity index (χ1n) is 11.4. The monoisotopic (exact) mass is 483 g/mol. The third kappa shape index (κ3) is 5.89. The second-order valence-electron chi connectivity index (χ2n) is 7.92. The average Bonchev–Trinajstić information content (AvgIpc) is 2.92. The van der Waals surface area contributed by atoms with E-state index in [2.05, 4.69) is 36.0 Å². The summed E-state index contributed by atoms with van der Waals surface area (Å²) >= 11 is 5.51. The van der Waals surface area contributed by atoms with Crippen LogP contribution < -0.4 is 20.9 Å². The smallest absolute Gasteiger partial charge is 0.176 e. The lowest BCUT2D eigenvalue weighted by molar-refractivity contribution is 0.122. The van der Waals surface area contributed by atoms with Gasteiger partial charge in [-0.3, -0.25) is 0 Å². The molecule has 8 nitrogen and oxygen atoms in total. The summed E-state index contributed by atoms with van der Waals surface area (Å²) in [5.74, 6) is 1.52. The number of nitrogens with zero attached hydrogens (tertiary/aromatic N) is 4. The molecule has 0 unspecified atom stereocenters. The van der Waals surface area contributed by atoms with Crippen LogP contribution >= 0.6 is 12.2 Å². The van der Waals surface area contributed by atoms with Gasteiger partial charge in [0, 0.05) is 18.7 Å². The predicted octanol–water partition coefficient (Wildman–Crippen LogP) is 4.93. The summed E-state index contributed by atoms with van der Waals surface area (Å²) in [6.45, 7) is 3.18. The molecule has 2 aromatic carbocycles. The summed E-state index contributed by atoms with van der Waals surface area (Å²) in [6.07, 6.45) is 1.84. The van der Waals surface area contributed by atoms with E-state index in [9.17, 15) is 0 Å². The Bertz CT molecular complexity index is 1260. The molecular weight excluding hydrogens is 458 g/mol. The van der Waals surface area contributed by atoms with E-state index in [0.29, 0.717) is 10.9 Å². The van der Waals surface area contributed by atoms with Crippen LogP contribution in [0.25, 0.3) is 11.3 Å². The fourth-order valence-corrected chi connectivity index (χ4v) is 3.94. The van der Waals surface area contributed by atoms with Gasteiger partial charge < -0.3 is 25.6 Å². The topological polar surface area (TPSA) is 87.2 Å². The van der Waals surface area contributed by atoms with Gasteiger partial charge in [-0.05, 0) is 48.6 Å². The van der Waals surface area contributed by atoms with E-state index in [0.717, 1.165) is 60.4 Å². The molecule has 1 aliphatic heterocycles. The zero-order valence-electron chi connectivity index (χ0n) is 19.0. The van der Waals surface area contributed by atoms with Crippen LogP contribution in [0.4, 0.5) is 28.7 Å². The Hall–Kier alpha value is -4.08. The number of pyridine rings is 1. The number of rotatable bonds is 6. The molecule has 0 bridgehead atoms. The SMILES string of the molecule is S=C(Nc1ccc(-c2ccccc2)nn1)Nc1ccccc1Nc1ccc(N2CCOCC2)nc1. The largest absolute Gasteiger partial charge is 0.378 e. The maximum atomic E-state index is 5.51. The maximum absolute atomic E-state index is 5.51. The lowest BCUT2D eigenvalue weighted by atomic mass is 10.1. The Labute approximate surface area is 209 Å². The molecule has 2 aromatic heterocycles. The van der Waals surface area contributed by atoms with Crippen molar-refractivity contribution >= 4 is 46.0 Å². The Kier molecular flexibility index (Phi) is 7.07. The Morgan fingerprint density at radius 1 is 0.800 bits per heavy atom. The molecule has 1 aliphatic rings. The van der Waals surface area contributed by atoms with Crippen molar-refractivity contribution in [3.8, 4) is 11.3 Å². The van der Waals surface area contributed by atoms with E-state index < -0.39 is 0 Å². The number of hydrogen-bond acceptors (Lipinski definition) is 7. The number of hydrogen-bond donors (Lipinski definition) is 3. The molecule has 1 saturated heterocycles. The molecule has 176 valence electrons. The minimum atomic E-state index is 0.418. The van der Waals surface area contributed by atoms with Crippen molar-refractivity contribution in [2.45, 2.75) is 0 Å². The van der Waals surface area contributed by atoms with Gasteiger partial charge in [-0.15, -0.1) is 10.2 Å². The first-order chi connectivity index (χ1) is 17.2. The van der Waals surface area contributed by atoms with Gasteiger partial charge in [0.05, 0.1) is 42.2 Å². The Morgan fingerprint density at radius 3 is 2.29 bits per heavy atom. The highest BCUT2D eigenvalue weighted by Gasteiger charge is 2.12. The van der Waals surface area contributed by atoms with Gasteiger partial charge in [0.15, 0.2) is 10.9 Å². The molecule has 9 heteroatoms. The third-order valence-electron chi connectivity index (χ3n) is 5.51. The van der Waals surface area contributed by atoms with Gasteiger partial charge in [-0.25, -0.2) is 4.98 Å². The molecule has 0 amide bonds. The van der Waals surface area contributed by atoms with E-state index in [1.165, 1.54) is 0 Å². The lowest BCUT2D eigenvalue weighted by Gasteiger charge is -2.27. The molecule has 35 heavy (non-hydrogen) atoms. The molecule has 0 saturated carbocycles. The summed E-state index contributed by atoms with van der Waals surface area (Å²) in [6, 6.07) is 25.6. The number of anilines is 5. The standard InChI is InChI=1S/C26H25N7OS/c35-26(30-24-12-11-21(31-32-24)19-6-2-1-3-7-19)29-23-9-5-4-8-22(23)28-20-10-13-25(27-18-20)33-14-16-34-17-15-33/h1-13,18,28H,14-17H2,(H2,29,30,32,35). The quantitative estimate of drug-likeness (QED) is 0.331. The number of morpholine rings is 1. The fraction of sp³-hybridized carbons (Fsp3) is 0.154. The van der Waals surface area contributed by atoms with Crippen molar-refractivity contribution < 1.29 is 4.74 Å². The highest BCUT2D eigenvalue weighted by Crippen LogP contribution is 2.26. The van der Waals surface area contributed by atoms with Crippen LogP contribution in [-0.2, 0) is 4.74 Å². The lowest BCUT2D eigenvalue weighted by Crippen LogP contribution is -2.36. The molecule has 3 heterocycles. The van der Waals surface area contributed by atoms with E-state index in [1.807, 2.05) is 85.1 Å². The molecule has 4 aromatic rings. The molecule has 5 rings (SSSR count). The van der Waals surface area contributed by atoms with Gasteiger partial charge in [-0.2, -0.15) is 0 Å². The van der Waals surface area contributed by atoms with Crippen molar-refractivity contribution in [3.05, 3.63) is 85.1 Å². The van der Waals surface area contributed by atoms with Gasteiger partial charge in [0.1, 0.15) is 5.82 Å². The number of aromatic nitrogens is 3. The summed E-state index contributed by atoms with van der Waals surface area (Å²) in [4.78, 5) is 6.83. The van der Waals surface area contributed by atoms with Crippen LogP contribution in [0.15, 0.2) is 85.1 Å². The van der Waals surface area contributed by atoms with Crippen LogP contribution in [0.3, 0.4) is 0 Å². The van der Waals surface area contributed by atoms with E-state index in [4.69, 9.17) is 17.0 Å². The molecule has 0 spiro atoms. The van der Waals surface area contributed by atoms with Gasteiger partial charge in [-0.1, -0.05) is 42.5 Å². The number of nitrogens with one attached hydrogen (secondary N) is 3. The van der Waals surface area contributed by atoms with Gasteiger partial charge in [0.2, 0.25) is 0 Å². The number of para-hydroxylation sites is 2. The zero-order chi connectivity index (χ0) is 23.9. The normalized spacial score (nSPS) is 13.2. The van der Waals surface area contributed by atoms with E-state index >= 15 is 0 Å². The van der Waals surface area contributed by atoms with E-state index in [-0.39, 0.29) is 0 Å². The van der Waals surface area contributed by atoms with Crippen LogP contribution in [0, 0.1) is 0 Å². The third-order valence-corrected chi connectivity index (χ3v) is 5.72. The first-order valence-corrected chi connectivity index (χ1v) is 11.8. The fourth-order valence-electron chi connectivity index (χ4n) is 3.73.